The third-order valence-electron chi connectivity index (χ3n) is 0. The quantitative estimate of drug-likeness (QED) is 0.459. The van der Waals surface area contributed by atoms with E-state index in [0.29, 0.717) is 0 Å². The Kier molecular flexibility index (Phi) is 691. The molecule has 0 heterocycles. The van der Waals surface area contributed by atoms with Gasteiger partial charge in [-0.1, -0.05) is 0 Å². The molecule has 0 aromatic heterocycles. The maximum absolute atomic E-state index is 6.25. The van der Waals surface area contributed by atoms with Crippen LogP contribution in [0.5, 0.6) is 0 Å². The zero-order valence-corrected chi connectivity index (χ0v) is 7.66. The number of hydrogen-bond acceptors (Lipinski definition) is 6. The van der Waals surface area contributed by atoms with Crippen LogP contribution in [0.4, 0.5) is 0 Å². The Morgan fingerprint density at radius 3 is 0.308 bits per heavy atom. The normalized spacial score (nSPS) is 0.923. The van der Waals surface area contributed by atoms with E-state index in [1.807, 2.05) is 0 Å². The van der Waals surface area contributed by atoms with Gasteiger partial charge in [-0.05, 0) is 0 Å². The molecule has 0 aromatic carbocycles. The Bertz CT molecular complexity index is 92.1. The standard InChI is InChI=1S/6CN.Rh/c6*1-2;/q6*-1;. The average molecular weight is 259 g/mol. The maximum Gasteiger partial charge on any atom is 0 e. The topological polar surface area (TPSA) is 143 Å². The minimum Gasteiger partial charge on any atom is -0.512 e. The molecule has 0 aromatic rings. The van der Waals surface area contributed by atoms with Crippen molar-refractivity contribution in [2.45, 2.75) is 0 Å². The average Bonchev–Trinajstić information content (AvgIpc) is 2.33. The van der Waals surface area contributed by atoms with E-state index in [9.17, 15) is 0 Å². The minimum atomic E-state index is 0. The summed E-state index contributed by atoms with van der Waals surface area (Å²) in [7, 11) is 0. The van der Waals surface area contributed by atoms with Gasteiger partial charge in [0.15, 0.2) is 0 Å². The molecule has 0 fully saturated rings. The largest absolute Gasteiger partial charge is 0.512 e. The van der Waals surface area contributed by atoms with Gasteiger partial charge in [0.1, 0.15) is 0 Å². The summed E-state index contributed by atoms with van der Waals surface area (Å²) in [6.45, 7) is 28.5. The van der Waals surface area contributed by atoms with Gasteiger partial charge >= 0.3 is 0 Å². The van der Waals surface area contributed by atoms with E-state index >= 15 is 0 Å². The van der Waals surface area contributed by atoms with Crippen molar-refractivity contribution in [3.63, 3.8) is 0 Å². The van der Waals surface area contributed by atoms with E-state index < -0.39 is 0 Å². The molecule has 7 heteroatoms. The second-order valence-corrected chi connectivity index (χ2v) is 0. The molecule has 69 valence electrons. The van der Waals surface area contributed by atoms with E-state index in [-0.39, 0.29) is 19.5 Å². The Balaban J connectivity index is -0.00000000655. The van der Waals surface area contributed by atoms with Gasteiger partial charge in [0, 0.05) is 19.5 Å². The van der Waals surface area contributed by atoms with E-state index in [2.05, 4.69) is 0 Å². The Morgan fingerprint density at radius 1 is 0.308 bits per heavy atom. The predicted octanol–water partition coefficient (Wildman–Crippen LogP) is 0.576. The van der Waals surface area contributed by atoms with Crippen LogP contribution in [0.25, 0.3) is 0 Å². The van der Waals surface area contributed by atoms with Crippen LogP contribution in [-0.4, -0.2) is 0 Å². The molecule has 0 saturated heterocycles. The summed E-state index contributed by atoms with van der Waals surface area (Å²) >= 11 is 0. The molecule has 0 N–H and O–H groups in total. The number of rotatable bonds is 0. The van der Waals surface area contributed by atoms with Crippen LogP contribution in [0.15, 0.2) is 0 Å². The van der Waals surface area contributed by atoms with Crippen molar-refractivity contribution in [3.05, 3.63) is 39.4 Å². The molecule has 0 aliphatic heterocycles. The van der Waals surface area contributed by atoms with Gasteiger partial charge in [-0.2, -0.15) is 0 Å². The molecular weight excluding hydrogens is 259 g/mol. The van der Waals surface area contributed by atoms with Gasteiger partial charge in [0.2, 0.25) is 0 Å². The van der Waals surface area contributed by atoms with Crippen molar-refractivity contribution in [2.24, 2.45) is 0 Å². The van der Waals surface area contributed by atoms with Crippen LogP contribution < -0.4 is 0 Å². The van der Waals surface area contributed by atoms with Crippen LogP contribution >= 0.6 is 0 Å². The monoisotopic (exact) mass is 259 g/mol. The van der Waals surface area contributed by atoms with Crippen LogP contribution in [0, 0.1) is 71.0 Å². The molecule has 13 heavy (non-hydrogen) atoms. The van der Waals surface area contributed by atoms with Crippen LogP contribution in [-0.2, 0) is 19.5 Å². The first kappa shape index (κ1) is 76.1. The third-order valence-corrected chi connectivity index (χ3v) is 0. The first-order chi connectivity index (χ1) is 6.00. The van der Waals surface area contributed by atoms with E-state index in [1.165, 1.54) is 0 Å². The van der Waals surface area contributed by atoms with Gasteiger partial charge in [-0.25, -0.2) is 0 Å². The zero-order chi connectivity index (χ0) is 12.0. The summed E-state index contributed by atoms with van der Waals surface area (Å²) in [6, 6.07) is 0. The summed E-state index contributed by atoms with van der Waals surface area (Å²) in [5, 5.41) is 37.5. The molecule has 0 bridgehead atoms. The molecule has 1 radical (unpaired) electrons. The molecule has 0 amide bonds. The van der Waals surface area contributed by atoms with Crippen molar-refractivity contribution >= 4 is 0 Å². The van der Waals surface area contributed by atoms with Gasteiger partial charge in [-0.15, -0.1) is 0 Å². The fraction of sp³-hybridized carbons (Fsp3) is 0. The maximum atomic E-state index is 6.25. The summed E-state index contributed by atoms with van der Waals surface area (Å²) < 4.78 is 0. The van der Waals surface area contributed by atoms with Crippen LogP contribution in [0.1, 0.15) is 0 Å². The van der Waals surface area contributed by atoms with Crippen molar-refractivity contribution < 1.29 is 19.5 Å². The Labute approximate surface area is 90.8 Å². The first-order valence-corrected chi connectivity index (χ1v) is 1.34. The summed E-state index contributed by atoms with van der Waals surface area (Å²) in [6.07, 6.45) is 0. The second kappa shape index (κ2) is 118. The van der Waals surface area contributed by atoms with Crippen LogP contribution in [0.2, 0.25) is 0 Å². The number of nitrogens with zero attached hydrogens (tertiary/aromatic N) is 6. The number of hydrogen-bond donors (Lipinski definition) is 0. The van der Waals surface area contributed by atoms with E-state index in [1.54, 1.807) is 0 Å². The van der Waals surface area contributed by atoms with Crippen molar-refractivity contribution in [1.82, 2.24) is 0 Å². The predicted molar refractivity (Wildman–Crippen MR) is 29.8 cm³/mol. The van der Waals surface area contributed by atoms with Gasteiger partial charge in [-0.3, -0.25) is 0 Å². The third kappa shape index (κ3) is 92.1. The van der Waals surface area contributed by atoms with Crippen molar-refractivity contribution in [1.29, 1.82) is 31.6 Å². The van der Waals surface area contributed by atoms with Crippen molar-refractivity contribution in [2.75, 3.05) is 0 Å². The molecule has 0 unspecified atom stereocenters. The molecule has 0 atom stereocenters. The first-order valence-electron chi connectivity index (χ1n) is 1.34. The van der Waals surface area contributed by atoms with Crippen LogP contribution in [0.3, 0.4) is 0 Å². The molecule has 0 spiro atoms. The van der Waals surface area contributed by atoms with E-state index in [0.717, 1.165) is 0 Å². The Hall–Kier alpha value is -2.44. The molecule has 0 saturated carbocycles. The van der Waals surface area contributed by atoms with Crippen molar-refractivity contribution in [3.8, 4) is 0 Å². The van der Waals surface area contributed by atoms with Gasteiger partial charge < -0.3 is 71.0 Å². The summed E-state index contributed by atoms with van der Waals surface area (Å²) in [4.78, 5) is 0. The minimum absolute atomic E-state index is 0. The van der Waals surface area contributed by atoms with Gasteiger partial charge in [0.05, 0.1) is 0 Å². The molecule has 0 aliphatic carbocycles. The SMILES string of the molecule is [C-]#N.[C-]#N.[C-]#N.[C-]#N.[C-]#N.[C-]#N.[Rh]. The molecule has 0 aliphatic rings. The second-order valence-electron chi connectivity index (χ2n) is 0. The zero-order valence-electron chi connectivity index (χ0n) is 6.02. The summed E-state index contributed by atoms with van der Waals surface area (Å²) in [5.41, 5.74) is 0. The smallest absolute Gasteiger partial charge is 0 e. The fourth-order valence-electron chi connectivity index (χ4n) is 0. The Morgan fingerprint density at radius 2 is 0.308 bits per heavy atom. The van der Waals surface area contributed by atoms with Gasteiger partial charge in [0.25, 0.3) is 0 Å². The molecule has 6 nitrogen and oxygen atoms in total. The van der Waals surface area contributed by atoms with E-state index in [4.69, 9.17) is 71.0 Å². The fourth-order valence-corrected chi connectivity index (χ4v) is 0. The molecule has 0 rings (SSSR count). The molecular formula is C6N6Rh-6. The summed E-state index contributed by atoms with van der Waals surface area (Å²) in [5.74, 6) is 0.